The van der Waals surface area contributed by atoms with Crippen molar-refractivity contribution in [3.05, 3.63) is 75.7 Å². The number of β-amino-alcohol motifs (C(OH)–C–C–N with tert-alkyl or cyclic N) is 1. The summed E-state index contributed by atoms with van der Waals surface area (Å²) in [6, 6.07) is 12.1. The van der Waals surface area contributed by atoms with Gasteiger partial charge in [0.15, 0.2) is 0 Å². The zero-order valence-corrected chi connectivity index (χ0v) is 22.3. The molecule has 7 nitrogen and oxygen atoms in total. The summed E-state index contributed by atoms with van der Waals surface area (Å²) in [6.07, 6.45) is 7.46. The van der Waals surface area contributed by atoms with Gasteiger partial charge >= 0.3 is 0 Å². The van der Waals surface area contributed by atoms with E-state index in [-0.39, 0.29) is 0 Å². The summed E-state index contributed by atoms with van der Waals surface area (Å²) in [5, 5.41) is 20.9. The largest absolute Gasteiger partial charge is 0.387 e. The molecule has 0 unspecified atom stereocenters. The number of piperidine rings is 1. The molecule has 2 N–H and O–H groups in total. The van der Waals surface area contributed by atoms with E-state index < -0.39 is 6.10 Å². The third-order valence-electron chi connectivity index (χ3n) is 7.57. The molecule has 192 valence electrons. The molecule has 0 amide bonds. The van der Waals surface area contributed by atoms with Crippen LogP contribution in [0.1, 0.15) is 60.6 Å². The average molecular weight is 537 g/mol. The van der Waals surface area contributed by atoms with Gasteiger partial charge in [-0.05, 0) is 87.0 Å². The number of anilines is 2. The summed E-state index contributed by atoms with van der Waals surface area (Å²) in [4.78, 5) is 11.6. The van der Waals surface area contributed by atoms with Crippen molar-refractivity contribution in [3.63, 3.8) is 0 Å². The van der Waals surface area contributed by atoms with E-state index >= 15 is 0 Å². The fraction of sp³-hybridized carbons (Fsp3) is 0.393. The number of aromatic nitrogens is 4. The molecule has 1 aliphatic carbocycles. The number of aliphatic hydroxyl groups is 1. The number of likely N-dealkylation sites (tertiary alicyclic amines) is 1. The van der Waals surface area contributed by atoms with Crippen molar-refractivity contribution in [2.75, 3.05) is 25.0 Å². The van der Waals surface area contributed by atoms with Gasteiger partial charge in [0, 0.05) is 28.2 Å². The van der Waals surface area contributed by atoms with Gasteiger partial charge in [0.2, 0.25) is 5.95 Å². The van der Waals surface area contributed by atoms with Crippen LogP contribution in [-0.4, -0.2) is 49.4 Å². The van der Waals surface area contributed by atoms with Crippen LogP contribution in [0.3, 0.4) is 0 Å². The van der Waals surface area contributed by atoms with E-state index in [1.54, 1.807) is 0 Å². The predicted molar refractivity (Wildman–Crippen MR) is 148 cm³/mol. The summed E-state index contributed by atoms with van der Waals surface area (Å²) < 4.78 is 2.08. The van der Waals surface area contributed by atoms with E-state index in [1.807, 2.05) is 42.7 Å². The van der Waals surface area contributed by atoms with E-state index in [9.17, 15) is 5.11 Å². The molecule has 3 heterocycles. The fourth-order valence-corrected chi connectivity index (χ4v) is 5.81. The zero-order valence-electron chi connectivity index (χ0n) is 20.7. The molecule has 2 fully saturated rings. The van der Waals surface area contributed by atoms with E-state index in [0.29, 0.717) is 29.5 Å². The first-order valence-electron chi connectivity index (χ1n) is 12.9. The summed E-state index contributed by atoms with van der Waals surface area (Å²) in [5.41, 5.74) is 4.91. The minimum Gasteiger partial charge on any atom is -0.387 e. The number of aliphatic hydroxyl groups excluding tert-OH is 1. The van der Waals surface area contributed by atoms with Crippen molar-refractivity contribution in [3.8, 4) is 0 Å². The van der Waals surface area contributed by atoms with E-state index in [2.05, 4.69) is 38.0 Å². The molecule has 2 aromatic heterocycles. The van der Waals surface area contributed by atoms with Crippen molar-refractivity contribution < 1.29 is 5.11 Å². The molecule has 0 radical (unpaired) electrons. The Balaban J connectivity index is 1.14. The predicted octanol–water partition coefficient (Wildman–Crippen LogP) is 6.43. The molecular weight excluding hydrogens is 507 g/mol. The normalized spacial score (nSPS) is 17.8. The van der Waals surface area contributed by atoms with E-state index in [1.165, 1.54) is 12.8 Å². The zero-order chi connectivity index (χ0) is 25.5. The SMILES string of the molecule is Cc1c(Nc2ncc3cc(Cl)c(C4CCN(C[C@H](O)c5cccc(Cl)c5)CC4)cc3n2)cnn1C1CC1. The van der Waals surface area contributed by atoms with Crippen LogP contribution < -0.4 is 5.32 Å². The number of nitrogens with one attached hydrogen (secondary N) is 1. The number of hydrogen-bond donors (Lipinski definition) is 2. The standard InChI is InChI=1S/C28H30Cl2N6O/c1-17-26(15-32-36(17)22-5-6-22)34-28-31-14-20-12-24(30)23(13-25(20)33-28)18-7-9-35(10-8-18)16-27(37)19-3-2-4-21(29)11-19/h2-4,11-15,18,22,27,37H,5-10,16H2,1H3,(H,31,33,34)/t27-/m0/s1. The number of halogens is 2. The molecular formula is C28H30Cl2N6O. The van der Waals surface area contributed by atoms with Gasteiger partial charge in [-0.3, -0.25) is 4.68 Å². The minimum absolute atomic E-state index is 0.349. The Morgan fingerprint density at radius 2 is 1.89 bits per heavy atom. The van der Waals surface area contributed by atoms with Crippen molar-refractivity contribution in [2.45, 2.75) is 50.7 Å². The van der Waals surface area contributed by atoms with Crippen LogP contribution in [-0.2, 0) is 0 Å². The molecule has 6 rings (SSSR count). The molecule has 2 aliphatic rings. The first-order valence-corrected chi connectivity index (χ1v) is 13.6. The lowest BCUT2D eigenvalue weighted by Crippen LogP contribution is -2.36. The Kier molecular flexibility index (Phi) is 6.80. The second-order valence-corrected chi connectivity index (χ2v) is 11.1. The van der Waals surface area contributed by atoms with Gasteiger partial charge in [0.25, 0.3) is 0 Å². The smallest absolute Gasteiger partial charge is 0.227 e. The van der Waals surface area contributed by atoms with Gasteiger partial charge in [0.05, 0.1) is 35.2 Å². The number of benzene rings is 2. The summed E-state index contributed by atoms with van der Waals surface area (Å²) >= 11 is 12.8. The fourth-order valence-electron chi connectivity index (χ4n) is 5.28. The first-order chi connectivity index (χ1) is 17.9. The minimum atomic E-state index is -0.554. The van der Waals surface area contributed by atoms with Gasteiger partial charge in [-0.25, -0.2) is 9.97 Å². The maximum atomic E-state index is 10.7. The van der Waals surface area contributed by atoms with Crippen LogP contribution in [0.5, 0.6) is 0 Å². The quantitative estimate of drug-likeness (QED) is 0.283. The Labute approximate surface area is 226 Å². The second-order valence-electron chi connectivity index (χ2n) is 10.2. The lowest BCUT2D eigenvalue weighted by molar-refractivity contribution is 0.0973. The van der Waals surface area contributed by atoms with Gasteiger partial charge in [0.1, 0.15) is 0 Å². The van der Waals surface area contributed by atoms with Crippen LogP contribution in [0.4, 0.5) is 11.6 Å². The van der Waals surface area contributed by atoms with Crippen LogP contribution in [0, 0.1) is 6.92 Å². The van der Waals surface area contributed by atoms with Crippen LogP contribution in [0.2, 0.25) is 10.0 Å². The topological polar surface area (TPSA) is 79.1 Å². The lowest BCUT2D eigenvalue weighted by atomic mass is 9.88. The monoisotopic (exact) mass is 536 g/mol. The molecule has 1 atom stereocenters. The Morgan fingerprint density at radius 1 is 1.08 bits per heavy atom. The van der Waals surface area contributed by atoms with E-state index in [4.69, 9.17) is 28.2 Å². The maximum absolute atomic E-state index is 10.7. The second kappa shape index (κ2) is 10.2. The Hall–Kier alpha value is -2.71. The molecule has 1 aliphatic heterocycles. The Bertz CT molecular complexity index is 1430. The van der Waals surface area contributed by atoms with Gasteiger partial charge in [-0.15, -0.1) is 0 Å². The van der Waals surface area contributed by atoms with Crippen LogP contribution >= 0.6 is 23.2 Å². The summed E-state index contributed by atoms with van der Waals surface area (Å²) in [6.45, 7) is 4.47. The molecule has 37 heavy (non-hydrogen) atoms. The molecule has 4 aromatic rings. The van der Waals surface area contributed by atoms with Crippen LogP contribution in [0.15, 0.2) is 48.8 Å². The van der Waals surface area contributed by atoms with Crippen molar-refractivity contribution >= 4 is 45.7 Å². The summed E-state index contributed by atoms with van der Waals surface area (Å²) in [5.74, 6) is 0.908. The highest BCUT2D eigenvalue weighted by Crippen LogP contribution is 2.38. The highest BCUT2D eigenvalue weighted by molar-refractivity contribution is 6.32. The number of nitrogens with zero attached hydrogens (tertiary/aromatic N) is 5. The van der Waals surface area contributed by atoms with Gasteiger partial charge in [-0.1, -0.05) is 35.3 Å². The highest BCUT2D eigenvalue weighted by atomic mass is 35.5. The number of fused-ring (bicyclic) bond motifs is 1. The lowest BCUT2D eigenvalue weighted by Gasteiger charge is -2.33. The van der Waals surface area contributed by atoms with Crippen molar-refractivity contribution in [1.82, 2.24) is 24.6 Å². The van der Waals surface area contributed by atoms with E-state index in [0.717, 1.165) is 64.4 Å². The molecule has 0 spiro atoms. The number of rotatable bonds is 7. The third kappa shape index (κ3) is 5.32. The third-order valence-corrected chi connectivity index (χ3v) is 8.14. The molecule has 1 saturated carbocycles. The highest BCUT2D eigenvalue weighted by Gasteiger charge is 2.27. The van der Waals surface area contributed by atoms with Crippen molar-refractivity contribution in [2.24, 2.45) is 0 Å². The van der Waals surface area contributed by atoms with Gasteiger partial charge in [-0.2, -0.15) is 5.10 Å². The van der Waals surface area contributed by atoms with Crippen LogP contribution in [0.25, 0.3) is 10.9 Å². The summed E-state index contributed by atoms with van der Waals surface area (Å²) in [7, 11) is 0. The molecule has 1 saturated heterocycles. The maximum Gasteiger partial charge on any atom is 0.227 e. The van der Waals surface area contributed by atoms with Gasteiger partial charge < -0.3 is 15.3 Å². The first kappa shape index (κ1) is 24.6. The van der Waals surface area contributed by atoms with Crippen molar-refractivity contribution in [1.29, 1.82) is 0 Å². The average Bonchev–Trinajstić information content (AvgIpc) is 3.68. The molecule has 0 bridgehead atoms. The molecule has 9 heteroatoms. The Morgan fingerprint density at radius 3 is 2.65 bits per heavy atom. The number of hydrogen-bond acceptors (Lipinski definition) is 6. The molecule has 2 aromatic carbocycles.